The van der Waals surface area contributed by atoms with E-state index in [0.29, 0.717) is 19.0 Å². The fraction of sp³-hybridized carbons (Fsp3) is 0.480. The van der Waals surface area contributed by atoms with Gasteiger partial charge in [0, 0.05) is 51.7 Å². The number of piperazine rings is 1. The van der Waals surface area contributed by atoms with Crippen LogP contribution in [0.1, 0.15) is 36.4 Å². The van der Waals surface area contributed by atoms with Crippen LogP contribution in [-0.4, -0.2) is 72.0 Å². The lowest BCUT2D eigenvalue weighted by atomic mass is 9.84. The fourth-order valence-corrected chi connectivity index (χ4v) is 6.20. The Balaban J connectivity index is 1.52. The Kier molecular flexibility index (Phi) is 6.22. The molecule has 9 heteroatoms. The molecule has 2 aromatic carbocycles. The summed E-state index contributed by atoms with van der Waals surface area (Å²) in [5.41, 5.74) is 4.00. The molecule has 0 unspecified atom stereocenters. The van der Waals surface area contributed by atoms with Gasteiger partial charge in [-0.3, -0.25) is 4.90 Å². The zero-order valence-corrected chi connectivity index (χ0v) is 20.8. The summed E-state index contributed by atoms with van der Waals surface area (Å²) in [6.07, 6.45) is 5.63. The average Bonchev–Trinajstić information content (AvgIpc) is 3.18. The molecule has 0 amide bonds. The molecule has 0 radical (unpaired) electrons. The number of benzene rings is 2. The minimum atomic E-state index is -3.48. The highest BCUT2D eigenvalue weighted by Crippen LogP contribution is 2.36. The number of rotatable bonds is 6. The second kappa shape index (κ2) is 9.03. The molecule has 34 heavy (non-hydrogen) atoms. The maximum atomic E-state index is 13.4. The molecular weight excluding hydrogens is 453 g/mol. The topological polar surface area (TPSA) is 61.7 Å². The van der Waals surface area contributed by atoms with E-state index in [4.69, 9.17) is 0 Å². The predicted octanol–water partition coefficient (Wildman–Crippen LogP) is 3.74. The van der Waals surface area contributed by atoms with Crippen LogP contribution in [0.2, 0.25) is 0 Å². The van der Waals surface area contributed by atoms with Crippen molar-refractivity contribution in [2.24, 2.45) is 5.92 Å². The Morgan fingerprint density at radius 1 is 1.12 bits per heavy atom. The normalized spacial score (nSPS) is 20.8. The molecule has 5 rings (SSSR count). The van der Waals surface area contributed by atoms with E-state index >= 15 is 0 Å². The third-order valence-corrected chi connectivity index (χ3v) is 9.25. The first-order chi connectivity index (χ1) is 16.2. The van der Waals surface area contributed by atoms with Gasteiger partial charge in [0.1, 0.15) is 5.82 Å². The molecule has 0 spiro atoms. The summed E-state index contributed by atoms with van der Waals surface area (Å²) in [6.45, 7) is 4.75. The lowest BCUT2D eigenvalue weighted by molar-refractivity contribution is 0.0789. The quantitative estimate of drug-likeness (QED) is 0.534. The monoisotopic (exact) mass is 485 g/mol. The van der Waals surface area contributed by atoms with Gasteiger partial charge in [-0.1, -0.05) is 6.42 Å². The third kappa shape index (κ3) is 4.26. The van der Waals surface area contributed by atoms with Gasteiger partial charge in [0.25, 0.3) is 10.2 Å². The molecule has 0 bridgehead atoms. The van der Waals surface area contributed by atoms with E-state index in [0.717, 1.165) is 40.8 Å². The van der Waals surface area contributed by atoms with Crippen LogP contribution in [0.15, 0.2) is 42.6 Å². The minimum absolute atomic E-state index is 0.0114. The van der Waals surface area contributed by atoms with E-state index in [1.165, 1.54) is 35.7 Å². The molecule has 182 valence electrons. The van der Waals surface area contributed by atoms with E-state index in [1.807, 2.05) is 10.9 Å². The van der Waals surface area contributed by atoms with Gasteiger partial charge in [0.2, 0.25) is 0 Å². The van der Waals surface area contributed by atoms with Crippen molar-refractivity contribution in [2.45, 2.75) is 32.2 Å². The van der Waals surface area contributed by atoms with Crippen LogP contribution in [0, 0.1) is 18.7 Å². The summed E-state index contributed by atoms with van der Waals surface area (Å²) in [5.74, 6) is 0.421. The maximum absolute atomic E-state index is 13.4. The molecule has 1 aliphatic carbocycles. The van der Waals surface area contributed by atoms with Gasteiger partial charge in [0.15, 0.2) is 0 Å². The molecule has 1 saturated carbocycles. The van der Waals surface area contributed by atoms with Crippen molar-refractivity contribution in [1.82, 2.24) is 23.3 Å². The molecule has 1 saturated heterocycles. The van der Waals surface area contributed by atoms with E-state index < -0.39 is 10.2 Å². The highest BCUT2D eigenvalue weighted by Gasteiger charge is 2.37. The highest BCUT2D eigenvalue weighted by molar-refractivity contribution is 7.86. The van der Waals surface area contributed by atoms with Gasteiger partial charge < -0.3 is 0 Å². The number of nitrogens with zero attached hydrogens (tertiary/aromatic N) is 5. The van der Waals surface area contributed by atoms with Gasteiger partial charge in [0.05, 0.1) is 17.4 Å². The molecular formula is C25H32FN5O2S. The third-order valence-electron chi connectivity index (χ3n) is 7.35. The van der Waals surface area contributed by atoms with Gasteiger partial charge in [-0.05, 0) is 73.2 Å². The zero-order valence-electron chi connectivity index (χ0n) is 20.0. The van der Waals surface area contributed by atoms with Crippen LogP contribution in [0.4, 0.5) is 4.39 Å². The summed E-state index contributed by atoms with van der Waals surface area (Å²) in [5, 5.41) is 5.54. The number of hydrogen-bond acceptors (Lipinski definition) is 4. The Morgan fingerprint density at radius 3 is 2.50 bits per heavy atom. The van der Waals surface area contributed by atoms with E-state index in [-0.39, 0.29) is 11.9 Å². The first-order valence-corrected chi connectivity index (χ1v) is 13.3. The molecule has 2 fully saturated rings. The fourth-order valence-electron chi connectivity index (χ4n) is 5.10. The molecule has 7 nitrogen and oxygen atoms in total. The van der Waals surface area contributed by atoms with Gasteiger partial charge >= 0.3 is 0 Å². The largest absolute Gasteiger partial charge is 0.293 e. The molecule has 1 atom stereocenters. The van der Waals surface area contributed by atoms with Crippen molar-refractivity contribution >= 4 is 21.1 Å². The molecule has 2 aliphatic rings. The van der Waals surface area contributed by atoms with Gasteiger partial charge in [-0.2, -0.15) is 22.1 Å². The van der Waals surface area contributed by atoms with Crippen molar-refractivity contribution < 1.29 is 12.8 Å². The van der Waals surface area contributed by atoms with Crippen LogP contribution in [0.3, 0.4) is 0 Å². The van der Waals surface area contributed by atoms with E-state index in [2.05, 4.69) is 29.1 Å². The van der Waals surface area contributed by atoms with Gasteiger partial charge in [-0.25, -0.2) is 9.07 Å². The smallest absolute Gasteiger partial charge is 0.281 e. The van der Waals surface area contributed by atoms with E-state index in [1.54, 1.807) is 30.5 Å². The van der Waals surface area contributed by atoms with E-state index in [9.17, 15) is 12.8 Å². The zero-order chi connectivity index (χ0) is 24.0. The minimum Gasteiger partial charge on any atom is -0.293 e. The summed E-state index contributed by atoms with van der Waals surface area (Å²) < 4.78 is 44.0. The summed E-state index contributed by atoms with van der Waals surface area (Å²) >= 11 is 0. The first-order valence-electron chi connectivity index (χ1n) is 11.9. The number of aromatic nitrogens is 2. The lowest BCUT2D eigenvalue weighted by Gasteiger charge is -2.44. The van der Waals surface area contributed by atoms with Crippen molar-refractivity contribution in [1.29, 1.82) is 0 Å². The number of fused-ring (bicyclic) bond motifs is 1. The van der Waals surface area contributed by atoms with Crippen LogP contribution in [-0.2, 0) is 10.2 Å². The molecule has 3 aromatic rings. The van der Waals surface area contributed by atoms with Crippen LogP contribution < -0.4 is 0 Å². The second-order valence-corrected chi connectivity index (χ2v) is 11.9. The summed E-state index contributed by atoms with van der Waals surface area (Å²) in [4.78, 5) is 2.48. The molecule has 0 N–H and O–H groups in total. The van der Waals surface area contributed by atoms with Crippen LogP contribution in [0.25, 0.3) is 16.6 Å². The summed E-state index contributed by atoms with van der Waals surface area (Å²) in [6, 6.07) is 10.6. The first kappa shape index (κ1) is 23.4. The summed E-state index contributed by atoms with van der Waals surface area (Å²) in [7, 11) is -0.303. The van der Waals surface area contributed by atoms with Crippen LogP contribution >= 0.6 is 0 Å². The van der Waals surface area contributed by atoms with Gasteiger partial charge in [-0.15, -0.1) is 0 Å². The Hall–Kier alpha value is -2.33. The SMILES string of the molecule is Cc1cc2c(cnn2-c2ccc(F)cc2)cc1[C@H]1CN(S(=O)(=O)N(C)C)CCN1CC1CCC1. The lowest BCUT2D eigenvalue weighted by Crippen LogP contribution is -2.54. The Morgan fingerprint density at radius 2 is 1.85 bits per heavy atom. The second-order valence-electron chi connectivity index (χ2n) is 9.76. The molecule has 2 heterocycles. The number of hydrogen-bond donors (Lipinski definition) is 0. The number of aryl methyl sites for hydroxylation is 1. The van der Waals surface area contributed by atoms with Crippen molar-refractivity contribution in [2.75, 3.05) is 40.3 Å². The molecule has 1 aliphatic heterocycles. The van der Waals surface area contributed by atoms with Crippen LogP contribution in [0.5, 0.6) is 0 Å². The van der Waals surface area contributed by atoms with Crippen molar-refractivity contribution in [3.63, 3.8) is 0 Å². The standard InChI is InChI=1S/C25H32FN5O2S/c1-18-13-24-20(15-27-31(24)22-9-7-21(26)8-10-22)14-23(18)25-17-30(34(32,33)28(2)3)12-11-29(25)16-19-5-4-6-19/h7-10,13-15,19,25H,4-6,11-12,16-17H2,1-3H3/t25-/m1/s1. The predicted molar refractivity (Wildman–Crippen MR) is 132 cm³/mol. The molecule has 1 aromatic heterocycles. The number of halogens is 1. The Labute approximate surface area is 200 Å². The highest BCUT2D eigenvalue weighted by atomic mass is 32.2. The van der Waals surface area contributed by atoms with Crippen molar-refractivity contribution in [3.05, 3.63) is 59.5 Å². The maximum Gasteiger partial charge on any atom is 0.281 e. The Bertz CT molecular complexity index is 1280. The van der Waals surface area contributed by atoms with Crippen molar-refractivity contribution in [3.8, 4) is 5.69 Å². The average molecular weight is 486 g/mol.